The van der Waals surface area contributed by atoms with Gasteiger partial charge in [0.05, 0.1) is 0 Å². The van der Waals surface area contributed by atoms with Gasteiger partial charge in [0.25, 0.3) is 0 Å². The molecule has 0 aromatic rings. The number of Topliss-reactive ketones (excluding diaryl/α,β-unsaturated/α-hetero) is 1. The first-order chi connectivity index (χ1) is 18.7. The van der Waals surface area contributed by atoms with Crippen LogP contribution in [0.25, 0.3) is 0 Å². The minimum atomic E-state index is -1.36. The Hall–Kier alpha value is -1.92. The normalized spacial score (nSPS) is 41.4. The van der Waals surface area contributed by atoms with Gasteiger partial charge in [0.2, 0.25) is 0 Å². The second kappa shape index (κ2) is 11.4. The zero-order valence-corrected chi connectivity index (χ0v) is 26.0. The van der Waals surface area contributed by atoms with E-state index in [-0.39, 0.29) is 35.4 Å². The third-order valence-corrected chi connectivity index (χ3v) is 11.7. The lowest BCUT2D eigenvalue weighted by Crippen LogP contribution is -2.74. The van der Waals surface area contributed by atoms with E-state index in [0.717, 1.165) is 25.7 Å². The predicted octanol–water partition coefficient (Wildman–Crippen LogP) is 6.45. The summed E-state index contributed by atoms with van der Waals surface area (Å²) in [5.41, 5.74) is -1.89. The van der Waals surface area contributed by atoms with Crippen LogP contribution in [0, 0.1) is 46.3 Å². The molecule has 4 aliphatic rings. The maximum absolute atomic E-state index is 14.6. The molecule has 0 amide bonds. The van der Waals surface area contributed by atoms with Crippen LogP contribution in [0.15, 0.2) is 0 Å². The minimum Gasteiger partial charge on any atom is -0.462 e. The molecule has 0 aromatic heterocycles. The van der Waals surface area contributed by atoms with E-state index in [1.165, 1.54) is 40.0 Å². The lowest BCUT2D eigenvalue weighted by molar-refractivity contribution is -0.265. The van der Waals surface area contributed by atoms with Crippen molar-refractivity contribution in [1.82, 2.24) is 0 Å². The molecule has 4 saturated carbocycles. The van der Waals surface area contributed by atoms with Crippen LogP contribution in [0.1, 0.15) is 120 Å². The average molecular weight is 561 g/mol. The zero-order valence-electron chi connectivity index (χ0n) is 26.0. The van der Waals surface area contributed by atoms with E-state index < -0.39 is 41.1 Å². The van der Waals surface area contributed by atoms with Crippen LogP contribution in [0.4, 0.5) is 0 Å². The number of esters is 3. The van der Waals surface area contributed by atoms with E-state index in [9.17, 15) is 19.2 Å². The van der Waals surface area contributed by atoms with Gasteiger partial charge in [0.15, 0.2) is 17.5 Å². The largest absolute Gasteiger partial charge is 0.462 e. The van der Waals surface area contributed by atoms with Crippen LogP contribution in [-0.2, 0) is 33.4 Å². The number of hydrogen-bond donors (Lipinski definition) is 0. The number of carbonyl (C=O) groups excluding carboxylic acids is 4. The topological polar surface area (TPSA) is 96.0 Å². The number of rotatable bonds is 8. The van der Waals surface area contributed by atoms with Gasteiger partial charge >= 0.3 is 17.9 Å². The molecule has 0 aliphatic heterocycles. The van der Waals surface area contributed by atoms with Crippen LogP contribution in [0.5, 0.6) is 0 Å². The van der Waals surface area contributed by atoms with Gasteiger partial charge in [0, 0.05) is 38.5 Å². The van der Waals surface area contributed by atoms with Crippen molar-refractivity contribution in [2.45, 2.75) is 137 Å². The fourth-order valence-corrected chi connectivity index (χ4v) is 10.1. The summed E-state index contributed by atoms with van der Waals surface area (Å²) in [7, 11) is 0. The molecule has 4 rings (SSSR count). The highest BCUT2D eigenvalue weighted by atomic mass is 16.6. The van der Waals surface area contributed by atoms with E-state index in [0.29, 0.717) is 30.6 Å². The van der Waals surface area contributed by atoms with Gasteiger partial charge in [-0.1, -0.05) is 53.9 Å². The van der Waals surface area contributed by atoms with Gasteiger partial charge in [-0.2, -0.15) is 0 Å². The highest BCUT2D eigenvalue weighted by Crippen LogP contribution is 2.69. The molecule has 40 heavy (non-hydrogen) atoms. The monoisotopic (exact) mass is 560 g/mol. The SMILES string of the molecule is CC(=O)O[C@H]1CC[C@]2(C)[C@H]3CC[C@]4(C)[C@@H]([C@H](C)CCCC(C)C)CC[C@H]4[C@@H]3C(=O)[C@@H](OC(C)=O)[C@@]2(OC(C)=O)C1. The summed E-state index contributed by atoms with van der Waals surface area (Å²) in [5.74, 6) is 0.259. The first-order valence-corrected chi connectivity index (χ1v) is 15.7. The maximum atomic E-state index is 14.6. The van der Waals surface area contributed by atoms with Crippen molar-refractivity contribution >= 4 is 23.7 Å². The van der Waals surface area contributed by atoms with Crippen LogP contribution in [0.2, 0.25) is 0 Å². The molecule has 7 heteroatoms. The Kier molecular flexibility index (Phi) is 8.84. The number of carbonyl (C=O) groups is 4. The molecular formula is C33H52O7. The van der Waals surface area contributed by atoms with Gasteiger partial charge in [-0.25, -0.2) is 0 Å². The first-order valence-electron chi connectivity index (χ1n) is 15.7. The minimum absolute atomic E-state index is 0.0116. The molecule has 4 fully saturated rings. The maximum Gasteiger partial charge on any atom is 0.303 e. The van der Waals surface area contributed by atoms with Crippen LogP contribution < -0.4 is 0 Å². The molecule has 7 nitrogen and oxygen atoms in total. The van der Waals surface area contributed by atoms with E-state index in [1.54, 1.807) is 0 Å². The van der Waals surface area contributed by atoms with Gasteiger partial charge < -0.3 is 14.2 Å². The van der Waals surface area contributed by atoms with E-state index in [2.05, 4.69) is 34.6 Å². The number of ether oxygens (including phenoxy) is 3. The smallest absolute Gasteiger partial charge is 0.303 e. The number of hydrogen-bond acceptors (Lipinski definition) is 7. The number of fused-ring (bicyclic) bond motifs is 5. The van der Waals surface area contributed by atoms with Gasteiger partial charge in [-0.15, -0.1) is 0 Å². The molecule has 226 valence electrons. The number of ketones is 1. The van der Waals surface area contributed by atoms with E-state index in [1.807, 2.05) is 0 Å². The second-order valence-corrected chi connectivity index (χ2v) is 14.5. The van der Waals surface area contributed by atoms with E-state index >= 15 is 0 Å². The molecular weight excluding hydrogens is 508 g/mol. The van der Waals surface area contributed by atoms with Gasteiger partial charge in [-0.05, 0) is 73.5 Å². The van der Waals surface area contributed by atoms with Gasteiger partial charge in [0.1, 0.15) is 6.10 Å². The Morgan fingerprint density at radius 3 is 2.12 bits per heavy atom. The standard InChI is InChI=1S/C33H52O7/c1-19(2)10-9-11-20(3)25-12-13-26-28-27(15-16-31(25,26)7)32(8)17-14-24(38-21(4)34)18-33(32,40-23(6)36)30(29(28)37)39-22(5)35/h19-20,24-28,30H,9-18H2,1-8H3/t20-,24+,25-,26+,27+,28+,30-,31-,32-,33+/m1/s1. The van der Waals surface area contributed by atoms with Crippen molar-refractivity contribution in [1.29, 1.82) is 0 Å². The van der Waals surface area contributed by atoms with Crippen molar-refractivity contribution in [2.24, 2.45) is 46.3 Å². The van der Waals surface area contributed by atoms with Crippen molar-refractivity contribution < 1.29 is 33.4 Å². The third kappa shape index (κ3) is 5.24. The summed E-state index contributed by atoms with van der Waals surface area (Å²) in [4.78, 5) is 51.6. The fraction of sp³-hybridized carbons (Fsp3) is 0.879. The first kappa shape index (κ1) is 31.0. The second-order valence-electron chi connectivity index (χ2n) is 14.5. The highest BCUT2D eigenvalue weighted by Gasteiger charge is 2.74. The molecule has 0 aromatic carbocycles. The summed E-state index contributed by atoms with van der Waals surface area (Å²) in [5, 5.41) is 0. The summed E-state index contributed by atoms with van der Waals surface area (Å²) in [6, 6.07) is 0. The van der Waals surface area contributed by atoms with Crippen LogP contribution >= 0.6 is 0 Å². The Morgan fingerprint density at radius 2 is 1.52 bits per heavy atom. The fourth-order valence-electron chi connectivity index (χ4n) is 10.1. The van der Waals surface area contributed by atoms with Crippen LogP contribution in [-0.4, -0.2) is 41.5 Å². The lowest BCUT2D eigenvalue weighted by atomic mass is 9.41. The quantitative estimate of drug-likeness (QED) is 0.249. The third-order valence-electron chi connectivity index (χ3n) is 11.7. The van der Waals surface area contributed by atoms with E-state index in [4.69, 9.17) is 14.2 Å². The summed E-state index contributed by atoms with van der Waals surface area (Å²) in [6.45, 7) is 15.5. The van der Waals surface area contributed by atoms with Crippen LogP contribution in [0.3, 0.4) is 0 Å². The molecule has 0 bridgehead atoms. The van der Waals surface area contributed by atoms with Crippen molar-refractivity contribution in [3.05, 3.63) is 0 Å². The summed E-state index contributed by atoms with van der Waals surface area (Å²) < 4.78 is 17.6. The molecule has 0 saturated heterocycles. The molecule has 0 heterocycles. The van der Waals surface area contributed by atoms with Crippen molar-refractivity contribution in [3.8, 4) is 0 Å². The molecule has 0 N–H and O–H groups in total. The summed E-state index contributed by atoms with van der Waals surface area (Å²) in [6.07, 6.45) is 7.45. The molecule has 0 spiro atoms. The Balaban J connectivity index is 1.72. The lowest BCUT2D eigenvalue weighted by Gasteiger charge is -2.65. The Morgan fingerprint density at radius 1 is 0.850 bits per heavy atom. The summed E-state index contributed by atoms with van der Waals surface area (Å²) >= 11 is 0. The Bertz CT molecular complexity index is 1000. The molecule has 0 radical (unpaired) electrons. The Labute approximate surface area is 240 Å². The predicted molar refractivity (Wildman–Crippen MR) is 151 cm³/mol. The average Bonchev–Trinajstić information content (AvgIpc) is 3.19. The highest BCUT2D eigenvalue weighted by molar-refractivity contribution is 5.91. The van der Waals surface area contributed by atoms with Crippen molar-refractivity contribution in [3.63, 3.8) is 0 Å². The molecule has 4 aliphatic carbocycles. The zero-order chi connectivity index (χ0) is 29.6. The van der Waals surface area contributed by atoms with Crippen molar-refractivity contribution in [2.75, 3.05) is 0 Å². The molecule has 10 atom stereocenters. The molecule has 0 unspecified atom stereocenters. The van der Waals surface area contributed by atoms with Gasteiger partial charge in [-0.3, -0.25) is 19.2 Å².